The van der Waals surface area contributed by atoms with Crippen LogP contribution in [0.15, 0.2) is 12.2 Å². The van der Waals surface area contributed by atoms with Crippen LogP contribution in [0.3, 0.4) is 0 Å². The lowest BCUT2D eigenvalue weighted by Crippen LogP contribution is -2.30. The molecule has 0 bridgehead atoms. The number of hydrogen-bond acceptors (Lipinski definition) is 6. The molecule has 1 atom stereocenters. The molecule has 0 saturated carbocycles. The highest BCUT2D eigenvalue weighted by molar-refractivity contribution is 5.71. The van der Waals surface area contributed by atoms with Gasteiger partial charge in [-0.2, -0.15) is 0 Å². The highest BCUT2D eigenvalue weighted by atomic mass is 16.6. The van der Waals surface area contributed by atoms with Gasteiger partial charge in [0.15, 0.2) is 6.10 Å². The molecule has 0 fully saturated rings. The van der Waals surface area contributed by atoms with Crippen molar-refractivity contribution in [3.8, 4) is 0 Å². The maximum Gasteiger partial charge on any atom is 0.306 e. The van der Waals surface area contributed by atoms with Gasteiger partial charge in [0, 0.05) is 19.3 Å². The highest BCUT2D eigenvalue weighted by Crippen LogP contribution is 2.18. The molecule has 0 aliphatic heterocycles. The van der Waals surface area contributed by atoms with Crippen LogP contribution in [-0.2, 0) is 28.6 Å². The predicted octanol–water partition coefficient (Wildman–Crippen LogP) is 21.7. The summed E-state index contributed by atoms with van der Waals surface area (Å²) in [6.45, 7) is 6.72. The van der Waals surface area contributed by atoms with E-state index < -0.39 is 6.10 Å². The van der Waals surface area contributed by atoms with E-state index in [4.69, 9.17) is 14.2 Å². The molecule has 0 heterocycles. The number of hydrogen-bond donors (Lipinski definition) is 0. The third-order valence-electron chi connectivity index (χ3n) is 14.8. The van der Waals surface area contributed by atoms with Crippen molar-refractivity contribution in [3.63, 3.8) is 0 Å². The van der Waals surface area contributed by atoms with Gasteiger partial charge in [0.05, 0.1) is 0 Å². The van der Waals surface area contributed by atoms with E-state index in [9.17, 15) is 14.4 Å². The first kappa shape index (κ1) is 69.2. The molecule has 0 amide bonds. The van der Waals surface area contributed by atoms with Gasteiger partial charge < -0.3 is 14.2 Å². The summed E-state index contributed by atoms with van der Waals surface area (Å²) in [4.78, 5) is 38.3. The van der Waals surface area contributed by atoms with Crippen molar-refractivity contribution < 1.29 is 28.6 Å². The maximum absolute atomic E-state index is 12.9. The molecule has 0 aliphatic carbocycles. The van der Waals surface area contributed by atoms with Crippen molar-refractivity contribution in [1.29, 1.82) is 0 Å². The minimum absolute atomic E-state index is 0.0638. The van der Waals surface area contributed by atoms with Crippen LogP contribution in [0.1, 0.15) is 367 Å². The fourth-order valence-corrected chi connectivity index (χ4v) is 9.91. The van der Waals surface area contributed by atoms with Gasteiger partial charge in [-0.1, -0.05) is 315 Å². The monoisotopic (exact) mass is 1000 g/mol. The molecule has 0 aromatic rings. The second kappa shape index (κ2) is 60.7. The smallest absolute Gasteiger partial charge is 0.306 e. The number of rotatable bonds is 60. The molecular weight excluding hydrogens is 877 g/mol. The van der Waals surface area contributed by atoms with Crippen molar-refractivity contribution in [2.45, 2.75) is 374 Å². The number of carbonyl (C=O) groups excluding carboxylic acids is 3. The van der Waals surface area contributed by atoms with Gasteiger partial charge in [-0.05, 0) is 44.9 Å². The van der Waals surface area contributed by atoms with Gasteiger partial charge in [-0.3, -0.25) is 14.4 Å². The van der Waals surface area contributed by atoms with E-state index in [1.807, 2.05) is 0 Å². The van der Waals surface area contributed by atoms with E-state index in [2.05, 4.69) is 32.9 Å². The fraction of sp³-hybridized carbons (Fsp3) is 0.923. The van der Waals surface area contributed by atoms with Crippen LogP contribution in [0.2, 0.25) is 0 Å². The number of carbonyl (C=O) groups is 3. The van der Waals surface area contributed by atoms with E-state index in [1.165, 1.54) is 270 Å². The maximum atomic E-state index is 12.9. The van der Waals surface area contributed by atoms with Gasteiger partial charge >= 0.3 is 17.9 Å². The highest BCUT2D eigenvalue weighted by Gasteiger charge is 2.19. The molecule has 0 aromatic carbocycles. The molecule has 0 spiro atoms. The number of ether oxygens (including phenoxy) is 3. The lowest BCUT2D eigenvalue weighted by molar-refractivity contribution is -0.167. The Morgan fingerprint density at radius 1 is 0.268 bits per heavy atom. The van der Waals surface area contributed by atoms with Gasteiger partial charge in [0.25, 0.3) is 0 Å². The Morgan fingerprint density at radius 2 is 0.465 bits per heavy atom. The Hall–Kier alpha value is -1.85. The third-order valence-corrected chi connectivity index (χ3v) is 14.8. The summed E-state index contributed by atoms with van der Waals surface area (Å²) in [6.07, 6.45) is 70.7. The van der Waals surface area contributed by atoms with Crippen LogP contribution in [0.25, 0.3) is 0 Å². The van der Waals surface area contributed by atoms with Crippen LogP contribution < -0.4 is 0 Å². The van der Waals surface area contributed by atoms with Gasteiger partial charge in [-0.15, -0.1) is 0 Å². The molecular formula is C65H124O6. The van der Waals surface area contributed by atoms with Crippen molar-refractivity contribution in [2.75, 3.05) is 13.2 Å². The molecule has 0 saturated heterocycles. The second-order valence-electron chi connectivity index (χ2n) is 22.0. The Labute approximate surface area is 443 Å². The van der Waals surface area contributed by atoms with Gasteiger partial charge in [0.2, 0.25) is 0 Å². The molecule has 1 unspecified atom stereocenters. The summed E-state index contributed by atoms with van der Waals surface area (Å²) < 4.78 is 17.0. The summed E-state index contributed by atoms with van der Waals surface area (Å²) in [6, 6.07) is 0. The Bertz CT molecular complexity index is 1100. The minimum Gasteiger partial charge on any atom is -0.462 e. The Balaban J connectivity index is 4.28. The van der Waals surface area contributed by atoms with Crippen LogP contribution in [-0.4, -0.2) is 37.2 Å². The lowest BCUT2D eigenvalue weighted by Gasteiger charge is -2.18. The summed E-state index contributed by atoms with van der Waals surface area (Å²) >= 11 is 0. The molecule has 6 heteroatoms. The molecule has 420 valence electrons. The molecule has 0 aliphatic rings. The van der Waals surface area contributed by atoms with Crippen molar-refractivity contribution in [2.24, 2.45) is 0 Å². The second-order valence-corrected chi connectivity index (χ2v) is 22.0. The van der Waals surface area contributed by atoms with Gasteiger partial charge in [-0.25, -0.2) is 0 Å². The summed E-state index contributed by atoms with van der Waals surface area (Å²) in [5, 5.41) is 0. The summed E-state index contributed by atoms with van der Waals surface area (Å²) in [7, 11) is 0. The Kier molecular flexibility index (Phi) is 59.1. The standard InChI is InChI=1S/C65H124O6/c1-4-7-10-13-16-19-22-25-28-30-31-32-33-35-37-40-43-46-49-52-55-58-64(67)70-61-62(60-69-63(66)57-54-51-48-45-42-39-36-27-24-21-18-15-12-9-6-3)71-65(68)59-56-53-50-47-44-41-38-34-29-26-23-20-17-14-11-8-5-2/h30-31,62H,4-29,32-61H2,1-3H3/b31-30-. The molecule has 0 rings (SSSR count). The first-order chi connectivity index (χ1) is 35.0. The van der Waals surface area contributed by atoms with Crippen LogP contribution in [0.4, 0.5) is 0 Å². The van der Waals surface area contributed by atoms with Crippen molar-refractivity contribution in [1.82, 2.24) is 0 Å². The van der Waals surface area contributed by atoms with Crippen molar-refractivity contribution in [3.05, 3.63) is 12.2 Å². The third kappa shape index (κ3) is 58.9. The van der Waals surface area contributed by atoms with Crippen LogP contribution in [0.5, 0.6) is 0 Å². The zero-order chi connectivity index (χ0) is 51.4. The SMILES string of the molecule is CCCCCCCCCC/C=C\CCCCCCCCCCCC(=O)OCC(COC(=O)CCCCCCCCCCCCCCCCC)OC(=O)CCCCCCCCCCCCCCCCCCC. The number of esters is 3. The fourth-order valence-electron chi connectivity index (χ4n) is 9.91. The lowest BCUT2D eigenvalue weighted by atomic mass is 10.0. The van der Waals surface area contributed by atoms with E-state index in [-0.39, 0.29) is 31.1 Å². The Morgan fingerprint density at radius 3 is 0.704 bits per heavy atom. The zero-order valence-electron chi connectivity index (χ0n) is 48.3. The molecule has 0 aromatic heterocycles. The van der Waals surface area contributed by atoms with Crippen molar-refractivity contribution >= 4 is 17.9 Å². The summed E-state index contributed by atoms with van der Waals surface area (Å²) in [5.41, 5.74) is 0. The summed E-state index contributed by atoms with van der Waals surface area (Å²) in [5.74, 6) is -0.834. The average molecular weight is 1000 g/mol. The molecule has 71 heavy (non-hydrogen) atoms. The molecule has 0 N–H and O–H groups in total. The van der Waals surface area contributed by atoms with Crippen LogP contribution >= 0.6 is 0 Å². The van der Waals surface area contributed by atoms with Crippen LogP contribution in [0, 0.1) is 0 Å². The van der Waals surface area contributed by atoms with E-state index >= 15 is 0 Å². The predicted molar refractivity (Wildman–Crippen MR) is 307 cm³/mol. The molecule has 6 nitrogen and oxygen atoms in total. The largest absolute Gasteiger partial charge is 0.462 e. The van der Waals surface area contributed by atoms with Gasteiger partial charge in [0.1, 0.15) is 13.2 Å². The quantitative estimate of drug-likeness (QED) is 0.0261. The topological polar surface area (TPSA) is 78.9 Å². The normalized spacial score (nSPS) is 12.0. The van der Waals surface area contributed by atoms with E-state index in [0.717, 1.165) is 57.8 Å². The minimum atomic E-state index is -0.766. The first-order valence-corrected chi connectivity index (χ1v) is 32.2. The number of allylic oxidation sites excluding steroid dienone is 2. The first-order valence-electron chi connectivity index (χ1n) is 32.2. The zero-order valence-corrected chi connectivity index (χ0v) is 48.3. The van der Waals surface area contributed by atoms with E-state index in [1.54, 1.807) is 0 Å². The van der Waals surface area contributed by atoms with E-state index in [0.29, 0.717) is 19.3 Å². The average Bonchev–Trinajstić information content (AvgIpc) is 3.37. The number of unbranched alkanes of at least 4 members (excludes halogenated alkanes) is 47. The molecule has 0 radical (unpaired) electrons.